The lowest BCUT2D eigenvalue weighted by molar-refractivity contribution is 0.102. The summed E-state index contributed by atoms with van der Waals surface area (Å²) in [4.78, 5) is 12.4. The average molecular weight is 311 g/mol. The Bertz CT molecular complexity index is 695. The normalized spacial score (nSPS) is 10.0. The number of nitrogens with one attached hydrogen (secondary N) is 1. The number of ether oxygens (including phenoxy) is 2. The fourth-order valence-corrected chi connectivity index (χ4v) is 2.15. The van der Waals surface area contributed by atoms with E-state index in [1.54, 1.807) is 31.4 Å². The van der Waals surface area contributed by atoms with Crippen molar-refractivity contribution in [2.75, 3.05) is 19.0 Å². The molecule has 0 saturated heterocycles. The molecule has 2 aromatic carbocycles. The smallest absolute Gasteiger partial charge is 0.255 e. The van der Waals surface area contributed by atoms with Crippen LogP contribution in [-0.2, 0) is 6.42 Å². The number of carbonyl (C=O) groups excluding carboxylic acids is 1. The van der Waals surface area contributed by atoms with Gasteiger partial charge in [-0.25, -0.2) is 0 Å². The summed E-state index contributed by atoms with van der Waals surface area (Å²) >= 11 is 0. The molecule has 0 radical (unpaired) electrons. The molecule has 0 saturated carbocycles. The Hall–Kier alpha value is -2.75. The van der Waals surface area contributed by atoms with E-state index < -0.39 is 0 Å². The number of benzene rings is 2. The molecular weight excluding hydrogens is 290 g/mol. The summed E-state index contributed by atoms with van der Waals surface area (Å²) in [5.74, 6) is 0.908. The van der Waals surface area contributed by atoms with Crippen molar-refractivity contribution < 1.29 is 14.3 Å². The molecule has 0 aliphatic rings. The SMILES string of the molecule is C=CCOc1ccc(C(=O)Nc2cccc(CC)c2)cc1OC. The zero-order valence-electron chi connectivity index (χ0n) is 13.5. The Balaban J connectivity index is 2.16. The van der Waals surface area contributed by atoms with E-state index in [-0.39, 0.29) is 5.91 Å². The van der Waals surface area contributed by atoms with Crippen molar-refractivity contribution >= 4 is 11.6 Å². The minimum Gasteiger partial charge on any atom is -0.493 e. The first kappa shape index (κ1) is 16.6. The summed E-state index contributed by atoms with van der Waals surface area (Å²) in [6, 6.07) is 12.9. The number of hydrogen-bond donors (Lipinski definition) is 1. The number of rotatable bonds is 7. The summed E-state index contributed by atoms with van der Waals surface area (Å²) in [6.07, 6.45) is 2.58. The van der Waals surface area contributed by atoms with Gasteiger partial charge in [-0.2, -0.15) is 0 Å². The van der Waals surface area contributed by atoms with Crippen molar-refractivity contribution in [3.05, 3.63) is 66.2 Å². The van der Waals surface area contributed by atoms with E-state index >= 15 is 0 Å². The van der Waals surface area contributed by atoms with Gasteiger partial charge in [0.15, 0.2) is 11.5 Å². The van der Waals surface area contributed by atoms with Crippen molar-refractivity contribution in [2.24, 2.45) is 0 Å². The van der Waals surface area contributed by atoms with Gasteiger partial charge in [0.1, 0.15) is 6.61 Å². The highest BCUT2D eigenvalue weighted by molar-refractivity contribution is 6.04. The molecule has 2 rings (SSSR count). The molecular formula is C19H21NO3. The summed E-state index contributed by atoms with van der Waals surface area (Å²) in [7, 11) is 1.54. The average Bonchev–Trinajstić information content (AvgIpc) is 2.59. The van der Waals surface area contributed by atoms with E-state index in [2.05, 4.69) is 18.8 Å². The molecule has 0 fully saturated rings. The predicted molar refractivity (Wildman–Crippen MR) is 92.5 cm³/mol. The maximum Gasteiger partial charge on any atom is 0.255 e. The van der Waals surface area contributed by atoms with Gasteiger partial charge in [-0.3, -0.25) is 4.79 Å². The number of amides is 1. The molecule has 0 bridgehead atoms. The quantitative estimate of drug-likeness (QED) is 0.784. The van der Waals surface area contributed by atoms with Crippen molar-refractivity contribution in [1.82, 2.24) is 0 Å². The topological polar surface area (TPSA) is 47.6 Å². The lowest BCUT2D eigenvalue weighted by Crippen LogP contribution is -2.12. The van der Waals surface area contributed by atoms with Crippen LogP contribution < -0.4 is 14.8 Å². The van der Waals surface area contributed by atoms with Crippen LogP contribution in [0.4, 0.5) is 5.69 Å². The highest BCUT2D eigenvalue weighted by atomic mass is 16.5. The van der Waals surface area contributed by atoms with E-state index in [0.29, 0.717) is 23.7 Å². The number of anilines is 1. The number of hydrogen-bond acceptors (Lipinski definition) is 3. The lowest BCUT2D eigenvalue weighted by atomic mass is 10.1. The first-order chi connectivity index (χ1) is 11.2. The number of methoxy groups -OCH3 is 1. The first-order valence-electron chi connectivity index (χ1n) is 7.50. The molecule has 4 heteroatoms. The molecule has 23 heavy (non-hydrogen) atoms. The zero-order chi connectivity index (χ0) is 16.7. The Labute approximate surface area is 136 Å². The third kappa shape index (κ3) is 4.36. The Kier molecular flexibility index (Phi) is 5.80. The molecule has 4 nitrogen and oxygen atoms in total. The van der Waals surface area contributed by atoms with Crippen LogP contribution in [0.15, 0.2) is 55.1 Å². The van der Waals surface area contributed by atoms with Crippen LogP contribution in [0.2, 0.25) is 0 Å². The number of aryl methyl sites for hydroxylation is 1. The van der Waals surface area contributed by atoms with Crippen LogP contribution in [-0.4, -0.2) is 19.6 Å². The van der Waals surface area contributed by atoms with Gasteiger partial charge in [0, 0.05) is 11.3 Å². The summed E-state index contributed by atoms with van der Waals surface area (Å²) in [5, 5.41) is 2.90. The van der Waals surface area contributed by atoms with E-state index in [0.717, 1.165) is 12.1 Å². The Morgan fingerprint density at radius 3 is 2.74 bits per heavy atom. The monoisotopic (exact) mass is 311 g/mol. The van der Waals surface area contributed by atoms with Gasteiger partial charge in [0.05, 0.1) is 7.11 Å². The van der Waals surface area contributed by atoms with Crippen LogP contribution in [0.25, 0.3) is 0 Å². The second-order valence-corrected chi connectivity index (χ2v) is 4.97. The molecule has 1 N–H and O–H groups in total. The maximum atomic E-state index is 12.4. The third-order valence-corrected chi connectivity index (χ3v) is 3.38. The van der Waals surface area contributed by atoms with Crippen LogP contribution in [0.1, 0.15) is 22.8 Å². The lowest BCUT2D eigenvalue weighted by Gasteiger charge is -2.11. The minimum absolute atomic E-state index is 0.188. The van der Waals surface area contributed by atoms with Crippen LogP contribution in [0, 0.1) is 0 Å². The van der Waals surface area contributed by atoms with Gasteiger partial charge in [-0.15, -0.1) is 0 Å². The third-order valence-electron chi connectivity index (χ3n) is 3.38. The van der Waals surface area contributed by atoms with Gasteiger partial charge in [0.2, 0.25) is 0 Å². The van der Waals surface area contributed by atoms with Crippen LogP contribution in [0.5, 0.6) is 11.5 Å². The molecule has 0 atom stereocenters. The molecule has 120 valence electrons. The molecule has 0 aliphatic heterocycles. The summed E-state index contributed by atoms with van der Waals surface area (Å²) in [5.41, 5.74) is 2.46. The highest BCUT2D eigenvalue weighted by Gasteiger charge is 2.11. The Morgan fingerprint density at radius 1 is 1.22 bits per heavy atom. The molecule has 0 unspecified atom stereocenters. The maximum absolute atomic E-state index is 12.4. The fourth-order valence-electron chi connectivity index (χ4n) is 2.15. The largest absolute Gasteiger partial charge is 0.493 e. The first-order valence-corrected chi connectivity index (χ1v) is 7.50. The second kappa shape index (κ2) is 8.03. The van der Waals surface area contributed by atoms with Gasteiger partial charge >= 0.3 is 0 Å². The molecule has 0 heterocycles. The highest BCUT2D eigenvalue weighted by Crippen LogP contribution is 2.28. The minimum atomic E-state index is -0.188. The molecule has 0 aliphatic carbocycles. The predicted octanol–water partition coefficient (Wildman–Crippen LogP) is 4.07. The fraction of sp³-hybridized carbons (Fsp3) is 0.211. The molecule has 2 aromatic rings. The van der Waals surface area contributed by atoms with Crippen molar-refractivity contribution in [3.8, 4) is 11.5 Å². The van der Waals surface area contributed by atoms with E-state index in [1.807, 2.05) is 24.3 Å². The molecule has 1 amide bonds. The van der Waals surface area contributed by atoms with Crippen molar-refractivity contribution in [2.45, 2.75) is 13.3 Å². The van der Waals surface area contributed by atoms with E-state index in [1.165, 1.54) is 5.56 Å². The Morgan fingerprint density at radius 2 is 2.04 bits per heavy atom. The number of carbonyl (C=O) groups is 1. The summed E-state index contributed by atoms with van der Waals surface area (Å²) < 4.78 is 10.8. The van der Waals surface area contributed by atoms with E-state index in [9.17, 15) is 4.79 Å². The molecule has 0 aromatic heterocycles. The molecule has 0 spiro atoms. The van der Waals surface area contributed by atoms with Crippen LogP contribution >= 0.6 is 0 Å². The van der Waals surface area contributed by atoms with Gasteiger partial charge in [0.25, 0.3) is 5.91 Å². The van der Waals surface area contributed by atoms with E-state index in [4.69, 9.17) is 9.47 Å². The summed E-state index contributed by atoms with van der Waals surface area (Å²) in [6.45, 7) is 6.07. The van der Waals surface area contributed by atoms with Crippen molar-refractivity contribution in [3.63, 3.8) is 0 Å². The van der Waals surface area contributed by atoms with Gasteiger partial charge in [-0.1, -0.05) is 31.7 Å². The van der Waals surface area contributed by atoms with Gasteiger partial charge < -0.3 is 14.8 Å². The second-order valence-electron chi connectivity index (χ2n) is 4.97. The van der Waals surface area contributed by atoms with Crippen LogP contribution in [0.3, 0.4) is 0 Å². The standard InChI is InChI=1S/C19H21NO3/c1-4-11-23-17-10-9-15(13-18(17)22-3)19(21)20-16-8-6-7-14(5-2)12-16/h4,6-10,12-13H,1,5,11H2,2-3H3,(H,20,21). The van der Waals surface area contributed by atoms with Gasteiger partial charge in [-0.05, 0) is 42.3 Å². The van der Waals surface area contributed by atoms with Crippen molar-refractivity contribution in [1.29, 1.82) is 0 Å². The zero-order valence-corrected chi connectivity index (χ0v) is 13.5.